The molecule has 102 valence electrons. The Kier molecular flexibility index (Phi) is 4.24. The molecule has 0 saturated heterocycles. The van der Waals surface area contributed by atoms with Crippen LogP contribution in [0.4, 0.5) is 0 Å². The van der Waals surface area contributed by atoms with E-state index in [1.807, 2.05) is 6.92 Å². The zero-order valence-corrected chi connectivity index (χ0v) is 12.1. The summed E-state index contributed by atoms with van der Waals surface area (Å²) in [6, 6.07) is 8.37. The SMILES string of the molecule is Cc1ccc(S(=O)(=O)NCCc2cc(O)cs2)cc1. The number of rotatable bonds is 5. The van der Waals surface area contributed by atoms with E-state index in [4.69, 9.17) is 0 Å². The fourth-order valence-corrected chi connectivity index (χ4v) is 3.39. The molecule has 0 aliphatic carbocycles. The molecule has 4 nitrogen and oxygen atoms in total. The first-order valence-electron chi connectivity index (χ1n) is 5.80. The number of aryl methyl sites for hydroxylation is 1. The van der Waals surface area contributed by atoms with Crippen LogP contribution in [0.15, 0.2) is 40.6 Å². The van der Waals surface area contributed by atoms with E-state index in [2.05, 4.69) is 4.72 Å². The largest absolute Gasteiger partial charge is 0.507 e. The molecule has 0 amide bonds. The highest BCUT2D eigenvalue weighted by atomic mass is 32.2. The molecule has 0 unspecified atom stereocenters. The lowest BCUT2D eigenvalue weighted by molar-refractivity contribution is 0.477. The molecule has 6 heteroatoms. The molecule has 0 aliphatic rings. The van der Waals surface area contributed by atoms with Crippen molar-refractivity contribution < 1.29 is 13.5 Å². The van der Waals surface area contributed by atoms with Gasteiger partial charge in [-0.25, -0.2) is 13.1 Å². The van der Waals surface area contributed by atoms with E-state index in [0.717, 1.165) is 10.4 Å². The molecule has 0 saturated carbocycles. The quantitative estimate of drug-likeness (QED) is 0.890. The summed E-state index contributed by atoms with van der Waals surface area (Å²) in [5.41, 5.74) is 1.02. The zero-order valence-electron chi connectivity index (χ0n) is 10.5. The average Bonchev–Trinajstić information content (AvgIpc) is 2.75. The van der Waals surface area contributed by atoms with Crippen molar-refractivity contribution in [1.82, 2.24) is 4.72 Å². The van der Waals surface area contributed by atoms with Gasteiger partial charge in [0.25, 0.3) is 0 Å². The Labute approximate surface area is 116 Å². The van der Waals surface area contributed by atoms with Gasteiger partial charge in [-0.1, -0.05) is 17.7 Å². The van der Waals surface area contributed by atoms with Crippen LogP contribution < -0.4 is 4.72 Å². The van der Waals surface area contributed by atoms with E-state index >= 15 is 0 Å². The lowest BCUT2D eigenvalue weighted by Gasteiger charge is -2.06. The summed E-state index contributed by atoms with van der Waals surface area (Å²) in [6.07, 6.45) is 0.566. The Hall–Kier alpha value is -1.37. The summed E-state index contributed by atoms with van der Waals surface area (Å²) in [7, 11) is -3.45. The molecule has 19 heavy (non-hydrogen) atoms. The average molecular weight is 297 g/mol. The van der Waals surface area contributed by atoms with Crippen LogP contribution in [0.2, 0.25) is 0 Å². The molecule has 0 fully saturated rings. The van der Waals surface area contributed by atoms with Crippen molar-refractivity contribution in [2.75, 3.05) is 6.54 Å². The van der Waals surface area contributed by atoms with Crippen LogP contribution in [-0.4, -0.2) is 20.1 Å². The van der Waals surface area contributed by atoms with Gasteiger partial charge in [-0.2, -0.15) is 0 Å². The Morgan fingerprint density at radius 3 is 2.53 bits per heavy atom. The first-order valence-corrected chi connectivity index (χ1v) is 8.16. The minimum atomic E-state index is -3.45. The molecule has 1 aromatic carbocycles. The fraction of sp³-hybridized carbons (Fsp3) is 0.231. The maximum absolute atomic E-state index is 12.0. The van der Waals surface area contributed by atoms with Gasteiger partial charge in [0.15, 0.2) is 0 Å². The minimum absolute atomic E-state index is 0.224. The van der Waals surface area contributed by atoms with Crippen LogP contribution in [0.3, 0.4) is 0 Å². The fourth-order valence-electron chi connectivity index (χ4n) is 1.61. The molecule has 0 spiro atoms. The normalized spacial score (nSPS) is 11.6. The molecule has 2 aromatic rings. The van der Waals surface area contributed by atoms with E-state index in [9.17, 15) is 13.5 Å². The molecule has 1 heterocycles. The maximum atomic E-state index is 12.0. The molecule has 0 atom stereocenters. The van der Waals surface area contributed by atoms with Gasteiger partial charge in [0.1, 0.15) is 5.75 Å². The molecular formula is C13H15NO3S2. The third-order valence-corrected chi connectivity index (χ3v) is 5.10. The Balaban J connectivity index is 1.96. The van der Waals surface area contributed by atoms with Gasteiger partial charge in [-0.05, 0) is 31.5 Å². The Morgan fingerprint density at radius 2 is 1.95 bits per heavy atom. The van der Waals surface area contributed by atoms with Gasteiger partial charge in [0.05, 0.1) is 4.90 Å². The summed E-state index contributed by atoms with van der Waals surface area (Å²) in [4.78, 5) is 1.22. The second kappa shape index (κ2) is 5.73. The van der Waals surface area contributed by atoms with E-state index in [0.29, 0.717) is 13.0 Å². The highest BCUT2D eigenvalue weighted by Gasteiger charge is 2.12. The van der Waals surface area contributed by atoms with Crippen LogP contribution in [0.25, 0.3) is 0 Å². The van der Waals surface area contributed by atoms with Crippen molar-refractivity contribution in [2.24, 2.45) is 0 Å². The Bertz CT molecular complexity index is 645. The molecule has 0 aliphatic heterocycles. The Morgan fingerprint density at radius 1 is 1.26 bits per heavy atom. The first kappa shape index (κ1) is 14.0. The predicted molar refractivity (Wildman–Crippen MR) is 76.1 cm³/mol. The minimum Gasteiger partial charge on any atom is -0.507 e. The first-order chi connectivity index (χ1) is 8.97. The monoisotopic (exact) mass is 297 g/mol. The van der Waals surface area contributed by atoms with Gasteiger partial charge in [0, 0.05) is 16.8 Å². The van der Waals surface area contributed by atoms with Crippen molar-refractivity contribution in [3.63, 3.8) is 0 Å². The summed E-state index contributed by atoms with van der Waals surface area (Å²) >= 11 is 1.41. The summed E-state index contributed by atoms with van der Waals surface area (Å²) in [5, 5.41) is 10.8. The zero-order chi connectivity index (χ0) is 13.9. The van der Waals surface area contributed by atoms with Crippen molar-refractivity contribution in [3.8, 4) is 5.75 Å². The third kappa shape index (κ3) is 3.79. The molecule has 0 bridgehead atoms. The van der Waals surface area contributed by atoms with Crippen LogP contribution in [0, 0.1) is 6.92 Å². The number of thiophene rings is 1. The smallest absolute Gasteiger partial charge is 0.240 e. The lowest BCUT2D eigenvalue weighted by Crippen LogP contribution is -2.25. The molecular weight excluding hydrogens is 282 g/mol. The third-order valence-electron chi connectivity index (χ3n) is 2.63. The number of hydrogen-bond acceptors (Lipinski definition) is 4. The highest BCUT2D eigenvalue weighted by molar-refractivity contribution is 7.89. The molecule has 1 aromatic heterocycles. The maximum Gasteiger partial charge on any atom is 0.240 e. The number of sulfonamides is 1. The second-order valence-electron chi connectivity index (χ2n) is 4.23. The number of benzene rings is 1. The van der Waals surface area contributed by atoms with Crippen molar-refractivity contribution in [2.45, 2.75) is 18.2 Å². The van der Waals surface area contributed by atoms with Crippen LogP contribution in [0.5, 0.6) is 5.75 Å². The molecule has 2 rings (SSSR count). The van der Waals surface area contributed by atoms with E-state index in [-0.39, 0.29) is 10.6 Å². The van der Waals surface area contributed by atoms with Crippen LogP contribution in [-0.2, 0) is 16.4 Å². The number of hydrogen-bond donors (Lipinski definition) is 2. The lowest BCUT2D eigenvalue weighted by atomic mass is 10.2. The summed E-state index contributed by atoms with van der Waals surface area (Å²) in [5.74, 6) is 0.224. The standard InChI is InChI=1S/C13H15NO3S2/c1-10-2-4-13(5-3-10)19(16,17)14-7-6-12-8-11(15)9-18-12/h2-5,8-9,14-15H,6-7H2,1H3. The van der Waals surface area contributed by atoms with Gasteiger partial charge < -0.3 is 5.11 Å². The van der Waals surface area contributed by atoms with Gasteiger partial charge in [0.2, 0.25) is 10.0 Å². The van der Waals surface area contributed by atoms with E-state index < -0.39 is 10.0 Å². The topological polar surface area (TPSA) is 66.4 Å². The number of nitrogens with one attached hydrogen (secondary N) is 1. The van der Waals surface area contributed by atoms with Gasteiger partial charge in [-0.3, -0.25) is 0 Å². The van der Waals surface area contributed by atoms with Crippen molar-refractivity contribution >= 4 is 21.4 Å². The predicted octanol–water partition coefficient (Wildman–Crippen LogP) is 2.28. The van der Waals surface area contributed by atoms with E-state index in [1.54, 1.807) is 35.7 Å². The molecule has 2 N–H and O–H groups in total. The van der Waals surface area contributed by atoms with Gasteiger partial charge in [-0.15, -0.1) is 11.3 Å². The number of aromatic hydroxyl groups is 1. The van der Waals surface area contributed by atoms with Crippen molar-refractivity contribution in [1.29, 1.82) is 0 Å². The summed E-state index contributed by atoms with van der Waals surface area (Å²) < 4.78 is 26.5. The van der Waals surface area contributed by atoms with Crippen LogP contribution >= 0.6 is 11.3 Å². The van der Waals surface area contributed by atoms with Crippen molar-refractivity contribution in [3.05, 3.63) is 46.2 Å². The van der Waals surface area contributed by atoms with E-state index in [1.165, 1.54) is 11.3 Å². The second-order valence-corrected chi connectivity index (χ2v) is 6.99. The highest BCUT2D eigenvalue weighted by Crippen LogP contribution is 2.20. The molecule has 0 radical (unpaired) electrons. The van der Waals surface area contributed by atoms with Crippen LogP contribution in [0.1, 0.15) is 10.4 Å². The van der Waals surface area contributed by atoms with Gasteiger partial charge >= 0.3 is 0 Å². The summed E-state index contributed by atoms with van der Waals surface area (Å²) in [6.45, 7) is 2.23.